The molecule has 1 saturated heterocycles. The minimum Gasteiger partial charge on any atom is -0.482 e. The van der Waals surface area contributed by atoms with Crippen molar-refractivity contribution in [2.45, 2.75) is 38.0 Å². The van der Waals surface area contributed by atoms with Crippen LogP contribution >= 0.6 is 0 Å². The molecule has 0 saturated carbocycles. The summed E-state index contributed by atoms with van der Waals surface area (Å²) in [5.74, 6) is 0.883. The first-order valence-corrected chi connectivity index (χ1v) is 12.2. The number of fused-ring (bicyclic) bond motifs is 1. The highest BCUT2D eigenvalue weighted by Crippen LogP contribution is 2.40. The average Bonchev–Trinajstić information content (AvgIpc) is 3.43. The van der Waals surface area contributed by atoms with Gasteiger partial charge in [0.05, 0.1) is 11.7 Å². The fourth-order valence-electron chi connectivity index (χ4n) is 5.16. The Morgan fingerprint density at radius 2 is 1.91 bits per heavy atom. The standard InChI is InChI=1S/C29H34N4O/c1-20-12-13-28(26(17-20)32-15-6-9-21-7-3-5-11-25(21)31)34-29-24-10-4-2-8-22(24)18-27(29)33-16-14-23(30)19-33/h2-13,17,23,27,29,32H,14-16,18-19,30-31H2,1H3/b9-6+. The van der Waals surface area contributed by atoms with Gasteiger partial charge in [-0.15, -0.1) is 0 Å². The second kappa shape index (κ2) is 9.92. The van der Waals surface area contributed by atoms with Gasteiger partial charge in [-0.3, -0.25) is 4.90 Å². The van der Waals surface area contributed by atoms with E-state index in [0.717, 1.165) is 48.6 Å². The predicted molar refractivity (Wildman–Crippen MR) is 141 cm³/mol. The molecule has 0 spiro atoms. The molecule has 1 aliphatic heterocycles. The third-order valence-electron chi connectivity index (χ3n) is 6.96. The van der Waals surface area contributed by atoms with Crippen molar-refractivity contribution in [3.63, 3.8) is 0 Å². The molecule has 0 amide bonds. The number of anilines is 2. The summed E-state index contributed by atoms with van der Waals surface area (Å²) in [5, 5.41) is 3.55. The van der Waals surface area contributed by atoms with Gasteiger partial charge in [-0.25, -0.2) is 0 Å². The molecule has 3 aromatic rings. The van der Waals surface area contributed by atoms with Crippen LogP contribution in [0.3, 0.4) is 0 Å². The quantitative estimate of drug-likeness (QED) is 0.448. The number of aryl methyl sites for hydroxylation is 1. The summed E-state index contributed by atoms with van der Waals surface area (Å²) in [7, 11) is 0. The van der Waals surface area contributed by atoms with Crippen LogP contribution in [-0.4, -0.2) is 36.6 Å². The number of ether oxygens (including phenoxy) is 1. The summed E-state index contributed by atoms with van der Waals surface area (Å²) in [5.41, 5.74) is 19.0. The van der Waals surface area contributed by atoms with Gasteiger partial charge >= 0.3 is 0 Å². The molecule has 5 N–H and O–H groups in total. The van der Waals surface area contributed by atoms with Crippen LogP contribution in [-0.2, 0) is 6.42 Å². The predicted octanol–water partition coefficient (Wildman–Crippen LogP) is 4.78. The maximum atomic E-state index is 6.79. The minimum absolute atomic E-state index is 0.00980. The SMILES string of the molecule is Cc1ccc(OC2c3ccccc3CC2N2CCC(N)C2)c(NC/C=C/c2ccccc2N)c1. The molecule has 5 rings (SSSR count). The van der Waals surface area contributed by atoms with Gasteiger partial charge in [0.25, 0.3) is 0 Å². The van der Waals surface area contributed by atoms with Gasteiger partial charge in [0.2, 0.25) is 0 Å². The average molecular weight is 455 g/mol. The van der Waals surface area contributed by atoms with E-state index in [0.29, 0.717) is 12.6 Å². The first kappa shape index (κ1) is 22.5. The van der Waals surface area contributed by atoms with Crippen molar-refractivity contribution in [3.8, 4) is 5.75 Å². The lowest BCUT2D eigenvalue weighted by molar-refractivity contribution is 0.0938. The highest BCUT2D eigenvalue weighted by atomic mass is 16.5. The van der Waals surface area contributed by atoms with E-state index in [1.807, 2.05) is 24.3 Å². The third kappa shape index (κ3) is 4.81. The number of benzene rings is 3. The van der Waals surface area contributed by atoms with Crippen molar-refractivity contribution in [1.29, 1.82) is 0 Å². The normalized spacial score (nSPS) is 22.2. The number of hydrogen-bond donors (Lipinski definition) is 3. The van der Waals surface area contributed by atoms with Gasteiger partial charge in [0.15, 0.2) is 0 Å². The van der Waals surface area contributed by atoms with Gasteiger partial charge in [-0.05, 0) is 60.2 Å². The molecule has 1 fully saturated rings. The lowest BCUT2D eigenvalue weighted by Gasteiger charge is -2.30. The molecule has 5 heteroatoms. The molecule has 1 aliphatic carbocycles. The van der Waals surface area contributed by atoms with E-state index >= 15 is 0 Å². The van der Waals surface area contributed by atoms with E-state index in [4.69, 9.17) is 16.2 Å². The van der Waals surface area contributed by atoms with Crippen molar-refractivity contribution in [3.05, 3.63) is 95.1 Å². The summed E-state index contributed by atoms with van der Waals surface area (Å²) in [4.78, 5) is 2.52. The Morgan fingerprint density at radius 1 is 1.09 bits per heavy atom. The van der Waals surface area contributed by atoms with Crippen LogP contribution in [0.1, 0.15) is 34.8 Å². The molecule has 0 aromatic heterocycles. The monoisotopic (exact) mass is 454 g/mol. The van der Waals surface area contributed by atoms with Crippen LogP contribution in [0.15, 0.2) is 72.8 Å². The summed E-state index contributed by atoms with van der Waals surface area (Å²) < 4.78 is 6.79. The first-order chi connectivity index (χ1) is 16.6. The fraction of sp³-hybridized carbons (Fsp3) is 0.310. The molecule has 176 valence electrons. The molecule has 0 bridgehead atoms. The van der Waals surface area contributed by atoms with Crippen LogP contribution < -0.4 is 21.5 Å². The summed E-state index contributed by atoms with van der Waals surface area (Å²) in [6.07, 6.45) is 6.19. The number of para-hydroxylation sites is 1. The topological polar surface area (TPSA) is 76.5 Å². The molecular formula is C29H34N4O. The molecule has 0 radical (unpaired) electrons. The zero-order valence-electron chi connectivity index (χ0n) is 19.8. The number of hydrogen-bond acceptors (Lipinski definition) is 5. The molecule has 34 heavy (non-hydrogen) atoms. The van der Waals surface area contributed by atoms with Crippen LogP contribution in [0, 0.1) is 6.92 Å². The Kier molecular flexibility index (Phi) is 6.57. The molecule has 5 nitrogen and oxygen atoms in total. The van der Waals surface area contributed by atoms with Gasteiger partial charge in [0, 0.05) is 31.4 Å². The van der Waals surface area contributed by atoms with E-state index in [1.54, 1.807) is 0 Å². The van der Waals surface area contributed by atoms with Gasteiger partial charge < -0.3 is 21.5 Å². The molecule has 1 heterocycles. The number of rotatable bonds is 7. The van der Waals surface area contributed by atoms with Crippen LogP contribution in [0.5, 0.6) is 5.75 Å². The van der Waals surface area contributed by atoms with E-state index < -0.39 is 0 Å². The molecule has 2 aliphatic rings. The van der Waals surface area contributed by atoms with Crippen molar-refractivity contribution >= 4 is 17.5 Å². The molecule has 3 unspecified atom stereocenters. The lowest BCUT2D eigenvalue weighted by Crippen LogP contribution is -2.40. The summed E-state index contributed by atoms with van der Waals surface area (Å²) in [6.45, 7) is 4.76. The summed E-state index contributed by atoms with van der Waals surface area (Å²) in [6, 6.07) is 23.5. The zero-order valence-corrected chi connectivity index (χ0v) is 19.8. The number of nitrogen functional groups attached to an aromatic ring is 1. The van der Waals surface area contributed by atoms with Crippen molar-refractivity contribution < 1.29 is 4.74 Å². The Balaban J connectivity index is 1.35. The van der Waals surface area contributed by atoms with Crippen LogP contribution in [0.2, 0.25) is 0 Å². The first-order valence-electron chi connectivity index (χ1n) is 12.2. The highest BCUT2D eigenvalue weighted by Gasteiger charge is 2.40. The maximum Gasteiger partial charge on any atom is 0.143 e. The van der Waals surface area contributed by atoms with Crippen molar-refractivity contribution in [1.82, 2.24) is 4.90 Å². The van der Waals surface area contributed by atoms with Crippen molar-refractivity contribution in [2.75, 3.05) is 30.7 Å². The Labute approximate surface area is 202 Å². The molecular weight excluding hydrogens is 420 g/mol. The van der Waals surface area contributed by atoms with Gasteiger partial charge in [-0.2, -0.15) is 0 Å². The number of nitrogens with two attached hydrogens (primary N) is 2. The maximum absolute atomic E-state index is 6.79. The van der Waals surface area contributed by atoms with E-state index in [-0.39, 0.29) is 12.1 Å². The molecule has 3 atom stereocenters. The largest absolute Gasteiger partial charge is 0.482 e. The second-order valence-corrected chi connectivity index (χ2v) is 9.46. The van der Waals surface area contributed by atoms with E-state index in [9.17, 15) is 0 Å². The van der Waals surface area contributed by atoms with Gasteiger partial charge in [-0.1, -0.05) is 60.7 Å². The smallest absolute Gasteiger partial charge is 0.143 e. The van der Waals surface area contributed by atoms with E-state index in [1.165, 1.54) is 16.7 Å². The second-order valence-electron chi connectivity index (χ2n) is 9.46. The van der Waals surface area contributed by atoms with Crippen LogP contribution in [0.4, 0.5) is 11.4 Å². The number of likely N-dealkylation sites (tertiary alicyclic amines) is 1. The Morgan fingerprint density at radius 3 is 2.74 bits per heavy atom. The zero-order chi connectivity index (χ0) is 23.5. The number of nitrogens with zero attached hydrogens (tertiary/aromatic N) is 1. The van der Waals surface area contributed by atoms with E-state index in [2.05, 4.69) is 71.8 Å². The molecule has 3 aromatic carbocycles. The Hall–Kier alpha value is -3.28. The lowest BCUT2D eigenvalue weighted by atomic mass is 10.1. The fourth-order valence-corrected chi connectivity index (χ4v) is 5.16. The third-order valence-corrected chi connectivity index (χ3v) is 6.96. The summed E-state index contributed by atoms with van der Waals surface area (Å²) >= 11 is 0. The Bertz CT molecular complexity index is 1170. The number of nitrogens with one attached hydrogen (secondary N) is 1. The highest BCUT2D eigenvalue weighted by molar-refractivity contribution is 5.65. The van der Waals surface area contributed by atoms with Crippen molar-refractivity contribution in [2.24, 2.45) is 5.73 Å². The van der Waals surface area contributed by atoms with Gasteiger partial charge in [0.1, 0.15) is 11.9 Å². The minimum atomic E-state index is -0.00980. The van der Waals surface area contributed by atoms with Crippen LogP contribution in [0.25, 0.3) is 6.08 Å².